The maximum absolute atomic E-state index is 6.07. The molecule has 0 aliphatic carbocycles. The van der Waals surface area contributed by atoms with Crippen molar-refractivity contribution < 1.29 is 4.74 Å². The smallest absolute Gasteiger partial charge is 0.193 e. The summed E-state index contributed by atoms with van der Waals surface area (Å²) >= 11 is 0. The van der Waals surface area contributed by atoms with Crippen LogP contribution in [0.3, 0.4) is 0 Å². The molecule has 1 aromatic carbocycles. The maximum atomic E-state index is 6.07. The first-order chi connectivity index (χ1) is 13.6. The number of hydrogen-bond donors (Lipinski definition) is 1. The second kappa shape index (κ2) is 10.2. The summed E-state index contributed by atoms with van der Waals surface area (Å²) in [5, 5.41) is 3.61. The topological polar surface area (TPSA) is 43.3 Å². The van der Waals surface area contributed by atoms with Crippen LogP contribution in [-0.2, 0) is 4.74 Å². The standard InChI is InChI=1S/C22H37N5O/c1-18(16-26-11-9-25(4)10-12-26)15-24-22(23-3)27-13-14-28-21(17-27)20-8-6-5-7-19(20)2/h5-8,18,21H,9-17H2,1-4H3,(H,23,24). The van der Waals surface area contributed by atoms with Crippen molar-refractivity contribution in [1.82, 2.24) is 20.0 Å². The fraction of sp³-hybridized carbons (Fsp3) is 0.682. The van der Waals surface area contributed by atoms with Gasteiger partial charge in [-0.15, -0.1) is 0 Å². The van der Waals surface area contributed by atoms with E-state index >= 15 is 0 Å². The number of nitrogens with one attached hydrogen (secondary N) is 1. The minimum absolute atomic E-state index is 0.108. The first kappa shape index (κ1) is 21.1. The normalized spacial score (nSPS) is 23.6. The summed E-state index contributed by atoms with van der Waals surface area (Å²) in [6.07, 6.45) is 0.108. The van der Waals surface area contributed by atoms with Crippen molar-refractivity contribution in [3.8, 4) is 0 Å². The maximum Gasteiger partial charge on any atom is 0.193 e. The van der Waals surface area contributed by atoms with Crippen molar-refractivity contribution >= 4 is 5.96 Å². The van der Waals surface area contributed by atoms with Gasteiger partial charge in [-0.05, 0) is 31.0 Å². The van der Waals surface area contributed by atoms with Gasteiger partial charge in [-0.25, -0.2) is 0 Å². The van der Waals surface area contributed by atoms with Crippen molar-refractivity contribution in [2.45, 2.75) is 20.0 Å². The molecule has 2 atom stereocenters. The van der Waals surface area contributed by atoms with Crippen molar-refractivity contribution in [3.63, 3.8) is 0 Å². The molecule has 0 aromatic heterocycles. The Kier molecular flexibility index (Phi) is 7.71. The van der Waals surface area contributed by atoms with Gasteiger partial charge in [-0.1, -0.05) is 31.2 Å². The Balaban J connectivity index is 1.49. The predicted octanol–water partition coefficient (Wildman–Crippen LogP) is 1.83. The number of likely N-dealkylation sites (N-methyl/N-ethyl adjacent to an activating group) is 1. The molecular weight excluding hydrogens is 350 g/mol. The molecule has 0 saturated carbocycles. The van der Waals surface area contributed by atoms with Crippen LogP contribution in [0.1, 0.15) is 24.2 Å². The van der Waals surface area contributed by atoms with E-state index in [4.69, 9.17) is 4.74 Å². The SMILES string of the molecule is CN=C(NCC(C)CN1CCN(C)CC1)N1CCOC(c2ccccc2C)C1. The van der Waals surface area contributed by atoms with E-state index in [0.717, 1.165) is 38.7 Å². The molecule has 156 valence electrons. The average molecular weight is 388 g/mol. The fourth-order valence-electron chi connectivity index (χ4n) is 4.11. The fourth-order valence-corrected chi connectivity index (χ4v) is 4.11. The molecule has 2 aliphatic rings. The average Bonchev–Trinajstić information content (AvgIpc) is 2.71. The lowest BCUT2D eigenvalue weighted by Crippen LogP contribution is -2.50. The molecule has 2 fully saturated rings. The first-order valence-electron chi connectivity index (χ1n) is 10.6. The van der Waals surface area contributed by atoms with E-state index in [2.05, 4.69) is 70.2 Å². The molecule has 28 heavy (non-hydrogen) atoms. The number of aryl methyl sites for hydroxylation is 1. The monoisotopic (exact) mass is 387 g/mol. The van der Waals surface area contributed by atoms with Gasteiger partial charge in [0.25, 0.3) is 0 Å². The molecule has 0 spiro atoms. The van der Waals surface area contributed by atoms with Gasteiger partial charge in [0.2, 0.25) is 0 Å². The van der Waals surface area contributed by atoms with Crippen molar-refractivity contribution in [2.75, 3.05) is 73.1 Å². The van der Waals surface area contributed by atoms with Crippen LogP contribution in [0.5, 0.6) is 0 Å². The molecule has 2 saturated heterocycles. The van der Waals surface area contributed by atoms with E-state index in [9.17, 15) is 0 Å². The van der Waals surface area contributed by atoms with Gasteiger partial charge >= 0.3 is 0 Å². The number of rotatable bonds is 5. The second-order valence-electron chi connectivity index (χ2n) is 8.30. The van der Waals surface area contributed by atoms with Gasteiger partial charge in [-0.2, -0.15) is 0 Å². The van der Waals surface area contributed by atoms with Crippen LogP contribution in [-0.4, -0.2) is 93.7 Å². The van der Waals surface area contributed by atoms with Gasteiger partial charge in [0.15, 0.2) is 5.96 Å². The third kappa shape index (κ3) is 5.69. The van der Waals surface area contributed by atoms with E-state index in [-0.39, 0.29) is 6.10 Å². The third-order valence-electron chi connectivity index (χ3n) is 5.89. The molecule has 2 aliphatic heterocycles. The van der Waals surface area contributed by atoms with E-state index in [1.54, 1.807) is 0 Å². The lowest BCUT2D eigenvalue weighted by Gasteiger charge is -2.37. The van der Waals surface area contributed by atoms with E-state index in [0.29, 0.717) is 5.92 Å². The van der Waals surface area contributed by atoms with Crippen molar-refractivity contribution in [1.29, 1.82) is 0 Å². The highest BCUT2D eigenvalue weighted by Crippen LogP contribution is 2.25. The second-order valence-corrected chi connectivity index (χ2v) is 8.30. The van der Waals surface area contributed by atoms with E-state index in [1.165, 1.54) is 37.3 Å². The predicted molar refractivity (Wildman–Crippen MR) is 116 cm³/mol. The van der Waals surface area contributed by atoms with Crippen LogP contribution < -0.4 is 5.32 Å². The summed E-state index contributed by atoms with van der Waals surface area (Å²) in [5.41, 5.74) is 2.57. The van der Waals surface area contributed by atoms with Gasteiger partial charge in [0.05, 0.1) is 13.2 Å². The van der Waals surface area contributed by atoms with E-state index < -0.39 is 0 Å². The molecule has 1 N–H and O–H groups in total. The van der Waals surface area contributed by atoms with Crippen LogP contribution in [0.25, 0.3) is 0 Å². The quantitative estimate of drug-likeness (QED) is 0.617. The van der Waals surface area contributed by atoms with Crippen LogP contribution in [0.2, 0.25) is 0 Å². The molecule has 3 rings (SSSR count). The molecule has 0 bridgehead atoms. The summed E-state index contributed by atoms with van der Waals surface area (Å²) in [4.78, 5) is 11.9. The Hall–Kier alpha value is -1.63. The summed E-state index contributed by atoms with van der Waals surface area (Å²) in [6, 6.07) is 8.52. The van der Waals surface area contributed by atoms with Gasteiger partial charge in [0, 0.05) is 52.9 Å². The van der Waals surface area contributed by atoms with Crippen LogP contribution >= 0.6 is 0 Å². The number of nitrogens with zero attached hydrogens (tertiary/aromatic N) is 4. The van der Waals surface area contributed by atoms with Gasteiger partial charge in [-0.3, -0.25) is 4.99 Å². The largest absolute Gasteiger partial charge is 0.370 e. The lowest BCUT2D eigenvalue weighted by molar-refractivity contribution is -0.00838. The van der Waals surface area contributed by atoms with E-state index in [1.807, 2.05) is 7.05 Å². The van der Waals surface area contributed by atoms with Gasteiger partial charge in [0.1, 0.15) is 6.10 Å². The Bertz CT molecular complexity index is 642. The zero-order valence-corrected chi connectivity index (χ0v) is 18.0. The van der Waals surface area contributed by atoms with Crippen LogP contribution in [0.15, 0.2) is 29.3 Å². The number of piperazine rings is 1. The molecule has 0 amide bonds. The number of morpholine rings is 1. The molecule has 6 heteroatoms. The highest BCUT2D eigenvalue weighted by molar-refractivity contribution is 5.80. The van der Waals surface area contributed by atoms with Crippen LogP contribution in [0, 0.1) is 12.8 Å². The minimum atomic E-state index is 0.108. The molecular formula is C22H37N5O. The number of benzene rings is 1. The third-order valence-corrected chi connectivity index (χ3v) is 5.89. The number of aliphatic imine (C=N–C) groups is 1. The van der Waals surface area contributed by atoms with Gasteiger partial charge < -0.3 is 24.8 Å². The zero-order valence-electron chi connectivity index (χ0n) is 18.0. The Morgan fingerprint density at radius 2 is 1.96 bits per heavy atom. The summed E-state index contributed by atoms with van der Waals surface area (Å²) in [5.74, 6) is 1.58. The first-order valence-corrected chi connectivity index (χ1v) is 10.6. The lowest BCUT2D eigenvalue weighted by atomic mass is 10.0. The number of ether oxygens (including phenoxy) is 1. The molecule has 2 heterocycles. The molecule has 2 unspecified atom stereocenters. The van der Waals surface area contributed by atoms with Crippen molar-refractivity contribution in [3.05, 3.63) is 35.4 Å². The highest BCUT2D eigenvalue weighted by Gasteiger charge is 2.25. The summed E-state index contributed by atoms with van der Waals surface area (Å²) in [7, 11) is 4.09. The molecule has 6 nitrogen and oxygen atoms in total. The Labute approximate surface area is 170 Å². The number of hydrogen-bond acceptors (Lipinski definition) is 4. The Morgan fingerprint density at radius 3 is 2.68 bits per heavy atom. The Morgan fingerprint density at radius 1 is 1.21 bits per heavy atom. The molecule has 1 aromatic rings. The number of guanidine groups is 1. The zero-order chi connectivity index (χ0) is 19.9. The van der Waals surface area contributed by atoms with Crippen molar-refractivity contribution in [2.24, 2.45) is 10.9 Å². The minimum Gasteiger partial charge on any atom is -0.370 e. The summed E-state index contributed by atoms with van der Waals surface area (Å²) < 4.78 is 6.07. The highest BCUT2D eigenvalue weighted by atomic mass is 16.5. The van der Waals surface area contributed by atoms with Crippen LogP contribution in [0.4, 0.5) is 0 Å². The summed E-state index contributed by atoms with van der Waals surface area (Å²) in [6.45, 7) is 13.7. The molecule has 0 radical (unpaired) electrons.